The molecule has 1 saturated heterocycles. The van der Waals surface area contributed by atoms with E-state index in [1.165, 1.54) is 16.2 Å². The second kappa shape index (κ2) is 8.47. The van der Waals surface area contributed by atoms with Crippen molar-refractivity contribution >= 4 is 55.7 Å². The number of hydrogen-bond donors (Lipinski definition) is 1. The summed E-state index contributed by atoms with van der Waals surface area (Å²) >= 11 is 7.63. The molecule has 0 bridgehead atoms. The number of ketones is 1. The Morgan fingerprint density at radius 3 is 2.78 bits per heavy atom. The first-order chi connectivity index (χ1) is 17.3. The zero-order valence-electron chi connectivity index (χ0n) is 19.5. The Labute approximate surface area is 216 Å². The van der Waals surface area contributed by atoms with Gasteiger partial charge in [-0.05, 0) is 73.0 Å². The number of fused-ring (bicyclic) bond motifs is 2. The van der Waals surface area contributed by atoms with Gasteiger partial charge in [0.05, 0.1) is 21.8 Å². The van der Waals surface area contributed by atoms with Crippen molar-refractivity contribution in [3.63, 3.8) is 0 Å². The lowest BCUT2D eigenvalue weighted by Gasteiger charge is -2.23. The molecule has 0 radical (unpaired) electrons. The molecule has 3 heterocycles. The molecule has 2 aliphatic heterocycles. The third kappa shape index (κ3) is 3.67. The van der Waals surface area contributed by atoms with Crippen LogP contribution < -0.4 is 9.64 Å². The number of benzene rings is 3. The van der Waals surface area contributed by atoms with E-state index in [0.29, 0.717) is 27.7 Å². The average Bonchev–Trinajstić information content (AvgIpc) is 3.50. The van der Waals surface area contributed by atoms with Crippen molar-refractivity contribution in [2.24, 2.45) is 0 Å². The van der Waals surface area contributed by atoms with Crippen LogP contribution in [0.4, 0.5) is 5.13 Å². The van der Waals surface area contributed by atoms with Crippen LogP contribution in [0.25, 0.3) is 16.0 Å². The number of carbonyl (C=O) groups is 2. The lowest BCUT2D eigenvalue weighted by molar-refractivity contribution is -0.132. The normalized spacial score (nSPS) is 20.7. The summed E-state index contributed by atoms with van der Waals surface area (Å²) in [5, 5.41) is 12.3. The minimum atomic E-state index is -0.881. The number of aliphatic hydroxyl groups excluding tert-OH is 1. The molecule has 1 amide bonds. The molecule has 0 saturated carbocycles. The van der Waals surface area contributed by atoms with Gasteiger partial charge in [0.2, 0.25) is 0 Å². The number of hydrogen-bond acceptors (Lipinski definition) is 6. The van der Waals surface area contributed by atoms with E-state index in [9.17, 15) is 14.7 Å². The first-order valence-corrected chi connectivity index (χ1v) is 12.7. The van der Waals surface area contributed by atoms with Gasteiger partial charge >= 0.3 is 5.91 Å². The molecular formula is C28H21ClN2O4S. The molecule has 6 rings (SSSR count). The zero-order chi connectivity index (χ0) is 25.1. The van der Waals surface area contributed by atoms with Gasteiger partial charge in [-0.1, -0.05) is 41.1 Å². The van der Waals surface area contributed by atoms with E-state index in [2.05, 4.69) is 4.98 Å². The Bertz CT molecular complexity index is 1610. The third-order valence-corrected chi connectivity index (χ3v) is 7.77. The fourth-order valence-corrected chi connectivity index (χ4v) is 6.16. The Morgan fingerprint density at radius 2 is 1.97 bits per heavy atom. The van der Waals surface area contributed by atoms with Gasteiger partial charge in [0.1, 0.15) is 17.6 Å². The third-order valence-electron chi connectivity index (χ3n) is 6.52. The van der Waals surface area contributed by atoms with E-state index < -0.39 is 17.7 Å². The quantitative estimate of drug-likeness (QED) is 0.199. The number of aryl methyl sites for hydroxylation is 1. The van der Waals surface area contributed by atoms with Crippen molar-refractivity contribution in [1.29, 1.82) is 0 Å². The molecule has 180 valence electrons. The highest BCUT2D eigenvalue weighted by Crippen LogP contribution is 2.45. The van der Waals surface area contributed by atoms with Crippen molar-refractivity contribution in [2.75, 3.05) is 4.90 Å². The van der Waals surface area contributed by atoms with E-state index in [-0.39, 0.29) is 17.4 Å². The second-order valence-corrected chi connectivity index (χ2v) is 10.6. The molecule has 1 N–H and O–H groups in total. The molecule has 36 heavy (non-hydrogen) atoms. The Hall–Kier alpha value is -3.68. The lowest BCUT2D eigenvalue weighted by atomic mass is 9.94. The molecule has 2 unspecified atom stereocenters. The van der Waals surface area contributed by atoms with E-state index in [0.717, 1.165) is 27.1 Å². The monoisotopic (exact) mass is 516 g/mol. The van der Waals surface area contributed by atoms with Crippen molar-refractivity contribution in [1.82, 2.24) is 4.98 Å². The number of ether oxygens (including phenoxy) is 1. The van der Waals surface area contributed by atoms with Crippen molar-refractivity contribution < 1.29 is 19.4 Å². The van der Waals surface area contributed by atoms with Gasteiger partial charge in [-0.3, -0.25) is 14.5 Å². The number of aliphatic hydroxyl groups is 1. The summed E-state index contributed by atoms with van der Waals surface area (Å²) in [6.45, 7) is 3.96. The summed E-state index contributed by atoms with van der Waals surface area (Å²) in [4.78, 5) is 32.9. The van der Waals surface area contributed by atoms with Crippen LogP contribution in [0.15, 0.2) is 66.2 Å². The molecule has 1 fully saturated rings. The maximum Gasteiger partial charge on any atom is 0.301 e. The molecule has 4 aromatic rings. The number of anilines is 1. The van der Waals surface area contributed by atoms with Crippen LogP contribution >= 0.6 is 22.9 Å². The van der Waals surface area contributed by atoms with Crippen LogP contribution in [0.2, 0.25) is 5.02 Å². The van der Waals surface area contributed by atoms with Gasteiger partial charge in [-0.15, -0.1) is 0 Å². The number of aromatic nitrogens is 1. The highest BCUT2D eigenvalue weighted by Gasteiger charge is 2.48. The molecule has 1 aromatic heterocycles. The van der Waals surface area contributed by atoms with Crippen molar-refractivity contribution in [3.05, 3.63) is 93.5 Å². The molecule has 2 aliphatic rings. The molecule has 0 spiro atoms. The Balaban J connectivity index is 1.54. The number of Topliss-reactive ketones (excluding diaryl/α,β-unsaturated/α-hetero) is 1. The van der Waals surface area contributed by atoms with Crippen molar-refractivity contribution in [3.8, 4) is 5.75 Å². The minimum absolute atomic E-state index is 0.00428. The number of thiazole rings is 1. The summed E-state index contributed by atoms with van der Waals surface area (Å²) in [6.07, 6.45) is 0.741. The standard InChI is InChI=1S/C28H21ClN2O4S/c1-14-6-8-20-22(10-14)36-28(30-20)31-24(16-4-3-5-19(29)13-16)23(26(33)27(31)34)25(32)17-7-9-21-18(12-17)11-15(2)35-21/h3-10,12-13,15,24,32H,11H2,1-2H3/b25-23+. The SMILES string of the molecule is Cc1ccc2nc(N3C(=O)C(=O)/C(=C(/O)c4ccc5c(c4)CC(C)O5)C3c3cccc(Cl)c3)sc2c1. The maximum atomic E-state index is 13.4. The average molecular weight is 517 g/mol. The van der Waals surface area contributed by atoms with Crippen LogP contribution in [0, 0.1) is 6.92 Å². The molecule has 0 aliphatic carbocycles. The van der Waals surface area contributed by atoms with E-state index in [1.54, 1.807) is 36.4 Å². The number of carbonyl (C=O) groups excluding carboxylic acids is 2. The molecule has 8 heteroatoms. The minimum Gasteiger partial charge on any atom is -0.507 e. The first kappa shape index (κ1) is 22.8. The van der Waals surface area contributed by atoms with Crippen LogP contribution in [0.3, 0.4) is 0 Å². The van der Waals surface area contributed by atoms with E-state index >= 15 is 0 Å². The zero-order valence-corrected chi connectivity index (χ0v) is 21.1. The predicted molar refractivity (Wildman–Crippen MR) is 141 cm³/mol. The van der Waals surface area contributed by atoms with Crippen LogP contribution in [-0.4, -0.2) is 27.9 Å². The summed E-state index contributed by atoms with van der Waals surface area (Å²) in [5.74, 6) is -0.982. The Morgan fingerprint density at radius 1 is 1.14 bits per heavy atom. The predicted octanol–water partition coefficient (Wildman–Crippen LogP) is 6.21. The summed E-state index contributed by atoms with van der Waals surface area (Å²) in [6, 6.07) is 17.2. The van der Waals surface area contributed by atoms with Crippen LogP contribution in [-0.2, 0) is 16.0 Å². The largest absolute Gasteiger partial charge is 0.507 e. The Kier molecular flexibility index (Phi) is 5.35. The fourth-order valence-electron chi connectivity index (χ4n) is 4.87. The number of halogens is 1. The topological polar surface area (TPSA) is 79.7 Å². The summed E-state index contributed by atoms with van der Waals surface area (Å²) in [7, 11) is 0. The van der Waals surface area contributed by atoms with Crippen molar-refractivity contribution in [2.45, 2.75) is 32.4 Å². The van der Waals surface area contributed by atoms with E-state index in [1.807, 2.05) is 38.1 Å². The van der Waals surface area contributed by atoms with Gasteiger partial charge in [0.25, 0.3) is 5.78 Å². The first-order valence-electron chi connectivity index (χ1n) is 11.5. The molecular weight excluding hydrogens is 496 g/mol. The highest BCUT2D eigenvalue weighted by molar-refractivity contribution is 7.22. The van der Waals surface area contributed by atoms with Gasteiger partial charge in [0, 0.05) is 17.0 Å². The van der Waals surface area contributed by atoms with Crippen LogP contribution in [0.5, 0.6) is 5.75 Å². The van der Waals surface area contributed by atoms with Gasteiger partial charge < -0.3 is 9.84 Å². The summed E-state index contributed by atoms with van der Waals surface area (Å²) < 4.78 is 6.68. The summed E-state index contributed by atoms with van der Waals surface area (Å²) in [5.41, 5.74) is 3.82. The van der Waals surface area contributed by atoms with Gasteiger partial charge in [-0.25, -0.2) is 4.98 Å². The number of amides is 1. The maximum absolute atomic E-state index is 13.4. The van der Waals surface area contributed by atoms with Gasteiger partial charge in [-0.2, -0.15) is 0 Å². The van der Waals surface area contributed by atoms with E-state index in [4.69, 9.17) is 16.3 Å². The number of nitrogens with zero attached hydrogens (tertiary/aromatic N) is 2. The lowest BCUT2D eigenvalue weighted by Crippen LogP contribution is -2.29. The fraction of sp³-hybridized carbons (Fsp3) is 0.179. The molecule has 6 nitrogen and oxygen atoms in total. The smallest absolute Gasteiger partial charge is 0.301 e. The second-order valence-electron chi connectivity index (χ2n) is 9.15. The molecule has 3 aromatic carbocycles. The number of rotatable bonds is 3. The van der Waals surface area contributed by atoms with Gasteiger partial charge in [0.15, 0.2) is 5.13 Å². The van der Waals surface area contributed by atoms with Crippen LogP contribution in [0.1, 0.15) is 35.2 Å². The molecule has 2 atom stereocenters. The highest BCUT2D eigenvalue weighted by atomic mass is 35.5.